The molecule has 6 nitrogen and oxygen atoms in total. The van der Waals surface area contributed by atoms with Crippen LogP contribution >= 0.6 is 45.8 Å². The molecular weight excluding hydrogens is 592 g/mol. The van der Waals surface area contributed by atoms with E-state index in [0.29, 0.717) is 21.7 Å². The van der Waals surface area contributed by atoms with Gasteiger partial charge in [-0.25, -0.2) is 14.6 Å². The molecule has 0 saturated carbocycles. The van der Waals surface area contributed by atoms with Gasteiger partial charge < -0.3 is 14.2 Å². The molecule has 0 atom stereocenters. The molecule has 172 valence electrons. The van der Waals surface area contributed by atoms with Crippen molar-refractivity contribution in [3.63, 3.8) is 0 Å². The molecule has 1 aliphatic heterocycles. The van der Waals surface area contributed by atoms with Gasteiger partial charge >= 0.3 is 11.9 Å². The lowest BCUT2D eigenvalue weighted by atomic mass is 10.1. The van der Waals surface area contributed by atoms with Crippen LogP contribution in [0.25, 0.3) is 6.08 Å². The van der Waals surface area contributed by atoms with Gasteiger partial charge in [-0.15, -0.1) is 0 Å². The zero-order chi connectivity index (χ0) is 24.4. The topological polar surface area (TPSA) is 74.2 Å². The molecular formula is C25H16Cl2INO5. The van der Waals surface area contributed by atoms with Gasteiger partial charge in [0.05, 0.1) is 28.3 Å². The summed E-state index contributed by atoms with van der Waals surface area (Å²) in [6.45, 7) is 1.92. The highest BCUT2D eigenvalue weighted by Gasteiger charge is 2.26. The van der Waals surface area contributed by atoms with Crippen molar-refractivity contribution < 1.29 is 23.8 Å². The first-order valence-corrected chi connectivity index (χ1v) is 11.7. The highest BCUT2D eigenvalue weighted by atomic mass is 127. The number of carbonyl (C=O) groups excluding carboxylic acids is 2. The molecule has 0 N–H and O–H groups in total. The highest BCUT2D eigenvalue weighted by molar-refractivity contribution is 14.1. The summed E-state index contributed by atoms with van der Waals surface area (Å²) in [7, 11) is 1.42. The second-order valence-corrected chi connectivity index (χ2v) is 9.31. The van der Waals surface area contributed by atoms with Crippen LogP contribution in [0.4, 0.5) is 0 Å². The number of aliphatic imine (C=N–C) groups is 1. The van der Waals surface area contributed by atoms with Crippen molar-refractivity contribution >= 4 is 69.7 Å². The Morgan fingerprint density at radius 2 is 1.79 bits per heavy atom. The van der Waals surface area contributed by atoms with Gasteiger partial charge in [0.25, 0.3) is 0 Å². The molecule has 4 rings (SSSR count). The molecule has 1 heterocycles. The van der Waals surface area contributed by atoms with Crippen molar-refractivity contribution in [1.82, 2.24) is 0 Å². The van der Waals surface area contributed by atoms with E-state index in [9.17, 15) is 9.59 Å². The van der Waals surface area contributed by atoms with E-state index in [1.807, 2.05) is 25.1 Å². The first kappa shape index (κ1) is 24.3. The summed E-state index contributed by atoms with van der Waals surface area (Å²) in [4.78, 5) is 29.2. The van der Waals surface area contributed by atoms with Gasteiger partial charge in [-0.2, -0.15) is 0 Å². The van der Waals surface area contributed by atoms with Crippen molar-refractivity contribution in [3.05, 3.63) is 96.2 Å². The number of cyclic esters (lactones) is 1. The summed E-state index contributed by atoms with van der Waals surface area (Å²) in [5.41, 5.74) is 2.47. The standard InChI is InChI=1S/C25H16Cl2INO5/c1-13-3-5-15(6-4-13)24(30)33-22-19(27)9-14(11-21(22)32-2)10-20-25(31)34-23(29-20)17-12-16(28)7-8-18(17)26/h3-12H,1-2H3/b20-10-. The molecule has 0 unspecified atom stereocenters. The minimum Gasteiger partial charge on any atom is -0.493 e. The first-order chi connectivity index (χ1) is 16.2. The van der Waals surface area contributed by atoms with Crippen LogP contribution in [0.3, 0.4) is 0 Å². The molecule has 3 aromatic carbocycles. The largest absolute Gasteiger partial charge is 0.493 e. The number of aryl methyl sites for hydroxylation is 1. The fourth-order valence-electron chi connectivity index (χ4n) is 3.11. The summed E-state index contributed by atoms with van der Waals surface area (Å²) in [6.07, 6.45) is 1.50. The van der Waals surface area contributed by atoms with E-state index in [1.54, 1.807) is 30.3 Å². The molecule has 0 bridgehead atoms. The van der Waals surface area contributed by atoms with Gasteiger partial charge in [0.15, 0.2) is 17.2 Å². The van der Waals surface area contributed by atoms with Gasteiger partial charge in [-0.05, 0) is 83.6 Å². The Morgan fingerprint density at radius 3 is 2.50 bits per heavy atom. The van der Waals surface area contributed by atoms with E-state index in [1.165, 1.54) is 19.3 Å². The Bertz CT molecular complexity index is 1370. The third-order valence-electron chi connectivity index (χ3n) is 4.82. The van der Waals surface area contributed by atoms with Crippen molar-refractivity contribution in [1.29, 1.82) is 0 Å². The number of nitrogens with zero attached hydrogens (tertiary/aromatic N) is 1. The van der Waals surface area contributed by atoms with E-state index in [-0.39, 0.29) is 28.1 Å². The molecule has 0 radical (unpaired) electrons. The normalized spacial score (nSPS) is 14.1. The molecule has 0 aliphatic carbocycles. The van der Waals surface area contributed by atoms with Crippen LogP contribution in [0, 0.1) is 10.5 Å². The van der Waals surface area contributed by atoms with Gasteiger partial charge in [-0.1, -0.05) is 40.9 Å². The monoisotopic (exact) mass is 607 g/mol. The van der Waals surface area contributed by atoms with Crippen LogP contribution in [0.2, 0.25) is 10.0 Å². The minimum absolute atomic E-state index is 0.0625. The Hall–Kier alpha value is -2.88. The molecule has 0 spiro atoms. The molecule has 34 heavy (non-hydrogen) atoms. The smallest absolute Gasteiger partial charge is 0.363 e. The Kier molecular flexibility index (Phi) is 7.25. The fourth-order valence-corrected chi connectivity index (χ4v) is 4.05. The fraction of sp³-hybridized carbons (Fsp3) is 0.0800. The zero-order valence-electron chi connectivity index (χ0n) is 17.9. The van der Waals surface area contributed by atoms with Crippen LogP contribution in [0.1, 0.15) is 27.0 Å². The van der Waals surface area contributed by atoms with Crippen molar-refractivity contribution in [2.24, 2.45) is 4.99 Å². The van der Waals surface area contributed by atoms with Crippen molar-refractivity contribution in [3.8, 4) is 11.5 Å². The number of hydrogen-bond donors (Lipinski definition) is 0. The van der Waals surface area contributed by atoms with Gasteiger partial charge in [0.2, 0.25) is 5.90 Å². The maximum atomic E-state index is 12.5. The van der Waals surface area contributed by atoms with Gasteiger partial charge in [-0.3, -0.25) is 0 Å². The predicted molar refractivity (Wildman–Crippen MR) is 139 cm³/mol. The summed E-state index contributed by atoms with van der Waals surface area (Å²) in [5, 5.41) is 0.542. The average Bonchev–Trinajstić information content (AvgIpc) is 3.17. The lowest BCUT2D eigenvalue weighted by Gasteiger charge is -2.12. The maximum Gasteiger partial charge on any atom is 0.363 e. The molecule has 0 aromatic heterocycles. The summed E-state index contributed by atoms with van der Waals surface area (Å²) in [5.74, 6) is -0.803. The van der Waals surface area contributed by atoms with Crippen LogP contribution in [-0.2, 0) is 9.53 Å². The summed E-state index contributed by atoms with van der Waals surface area (Å²) >= 11 is 14.8. The number of carbonyl (C=O) groups is 2. The highest BCUT2D eigenvalue weighted by Crippen LogP contribution is 2.38. The lowest BCUT2D eigenvalue weighted by molar-refractivity contribution is -0.129. The molecule has 0 saturated heterocycles. The van der Waals surface area contributed by atoms with E-state index < -0.39 is 11.9 Å². The molecule has 0 fully saturated rings. The third-order valence-corrected chi connectivity index (χ3v) is 6.10. The Labute approximate surface area is 219 Å². The number of rotatable bonds is 5. The summed E-state index contributed by atoms with van der Waals surface area (Å²) < 4.78 is 17.1. The number of methoxy groups -OCH3 is 1. The number of benzene rings is 3. The minimum atomic E-state index is -0.630. The van der Waals surface area contributed by atoms with E-state index in [0.717, 1.165) is 9.13 Å². The van der Waals surface area contributed by atoms with Crippen LogP contribution in [0.15, 0.2) is 65.3 Å². The van der Waals surface area contributed by atoms with Crippen LogP contribution in [-0.4, -0.2) is 24.9 Å². The Balaban J connectivity index is 1.64. The molecule has 9 heteroatoms. The maximum absolute atomic E-state index is 12.5. The second-order valence-electron chi connectivity index (χ2n) is 7.25. The number of esters is 2. The Morgan fingerprint density at radius 1 is 1.06 bits per heavy atom. The average molecular weight is 608 g/mol. The zero-order valence-corrected chi connectivity index (χ0v) is 21.6. The van der Waals surface area contributed by atoms with Gasteiger partial charge in [0.1, 0.15) is 0 Å². The van der Waals surface area contributed by atoms with Crippen LogP contribution in [0.5, 0.6) is 11.5 Å². The lowest BCUT2D eigenvalue weighted by Crippen LogP contribution is -2.09. The molecule has 0 amide bonds. The molecule has 3 aromatic rings. The predicted octanol–water partition coefficient (Wildman–Crippen LogP) is 6.48. The van der Waals surface area contributed by atoms with Crippen molar-refractivity contribution in [2.75, 3.05) is 7.11 Å². The number of halogens is 3. The quantitative estimate of drug-likeness (QED) is 0.144. The van der Waals surface area contributed by atoms with Crippen molar-refractivity contribution in [2.45, 2.75) is 6.92 Å². The first-order valence-electron chi connectivity index (χ1n) is 9.89. The number of hydrogen-bond acceptors (Lipinski definition) is 6. The number of ether oxygens (including phenoxy) is 3. The van der Waals surface area contributed by atoms with E-state index in [2.05, 4.69) is 27.6 Å². The van der Waals surface area contributed by atoms with E-state index >= 15 is 0 Å². The summed E-state index contributed by atoms with van der Waals surface area (Å²) in [6, 6.07) is 15.4. The van der Waals surface area contributed by atoms with E-state index in [4.69, 9.17) is 37.4 Å². The second kappa shape index (κ2) is 10.2. The third kappa shape index (κ3) is 5.27. The SMILES string of the molecule is COc1cc(/C=C2\N=C(c3cc(I)ccc3Cl)OC2=O)cc(Cl)c1OC(=O)c1ccc(C)cc1. The van der Waals surface area contributed by atoms with Gasteiger partial charge in [0, 0.05) is 3.57 Å². The molecule has 1 aliphatic rings. The van der Waals surface area contributed by atoms with Crippen LogP contribution < -0.4 is 9.47 Å².